The predicted octanol–water partition coefficient (Wildman–Crippen LogP) is 3.36. The topological polar surface area (TPSA) is 44.8 Å². The number of aromatic nitrogens is 3. The standard InChI is InChI=1S/C16H15FN4/c17-12-5-3-4-11(8-12)13-9-18-15-14(13)16(20-10-19-15)21-6-1-2-7-21/h3-5,8-10H,1-2,6-7H2,(H,18,19,20). The van der Waals surface area contributed by atoms with Crippen LogP contribution in [0.2, 0.25) is 0 Å². The van der Waals surface area contributed by atoms with Crippen LogP contribution in [0.5, 0.6) is 0 Å². The fraction of sp³-hybridized carbons (Fsp3) is 0.250. The van der Waals surface area contributed by atoms with E-state index in [9.17, 15) is 4.39 Å². The second-order valence-electron chi connectivity index (χ2n) is 5.33. The molecular weight excluding hydrogens is 267 g/mol. The molecule has 4 rings (SSSR count). The summed E-state index contributed by atoms with van der Waals surface area (Å²) in [6.45, 7) is 2.03. The molecule has 0 radical (unpaired) electrons. The first-order valence-corrected chi connectivity index (χ1v) is 7.16. The smallest absolute Gasteiger partial charge is 0.143 e. The first-order chi connectivity index (χ1) is 10.3. The van der Waals surface area contributed by atoms with Crippen LogP contribution in [-0.2, 0) is 0 Å². The van der Waals surface area contributed by atoms with Crippen molar-refractivity contribution in [3.05, 3.63) is 42.6 Å². The maximum atomic E-state index is 13.5. The zero-order chi connectivity index (χ0) is 14.2. The van der Waals surface area contributed by atoms with Crippen molar-refractivity contribution in [2.24, 2.45) is 0 Å². The number of nitrogens with zero attached hydrogens (tertiary/aromatic N) is 3. The highest BCUT2D eigenvalue weighted by atomic mass is 19.1. The minimum absolute atomic E-state index is 0.235. The van der Waals surface area contributed by atoms with E-state index in [-0.39, 0.29) is 5.82 Å². The maximum Gasteiger partial charge on any atom is 0.143 e. The van der Waals surface area contributed by atoms with E-state index in [4.69, 9.17) is 0 Å². The summed E-state index contributed by atoms with van der Waals surface area (Å²) in [5.41, 5.74) is 2.59. The molecule has 1 fully saturated rings. The highest BCUT2D eigenvalue weighted by molar-refractivity contribution is 6.01. The quantitative estimate of drug-likeness (QED) is 0.784. The summed E-state index contributed by atoms with van der Waals surface area (Å²) in [7, 11) is 0. The minimum Gasteiger partial charge on any atom is -0.356 e. The molecule has 0 atom stereocenters. The Hall–Kier alpha value is -2.43. The average Bonchev–Trinajstić information content (AvgIpc) is 3.16. The summed E-state index contributed by atoms with van der Waals surface area (Å²) in [4.78, 5) is 14.2. The van der Waals surface area contributed by atoms with Crippen molar-refractivity contribution in [2.75, 3.05) is 18.0 Å². The lowest BCUT2D eigenvalue weighted by Gasteiger charge is -2.17. The fourth-order valence-corrected chi connectivity index (χ4v) is 3.00. The fourth-order valence-electron chi connectivity index (χ4n) is 3.00. The van der Waals surface area contributed by atoms with Gasteiger partial charge in [-0.05, 0) is 30.5 Å². The van der Waals surface area contributed by atoms with E-state index in [1.54, 1.807) is 18.5 Å². The second-order valence-corrected chi connectivity index (χ2v) is 5.33. The van der Waals surface area contributed by atoms with Crippen LogP contribution in [0.1, 0.15) is 12.8 Å². The van der Waals surface area contributed by atoms with Gasteiger partial charge in [-0.1, -0.05) is 12.1 Å². The number of halogens is 1. The lowest BCUT2D eigenvalue weighted by Crippen LogP contribution is -2.19. The second kappa shape index (κ2) is 4.84. The minimum atomic E-state index is -0.235. The monoisotopic (exact) mass is 282 g/mol. The maximum absolute atomic E-state index is 13.5. The van der Waals surface area contributed by atoms with Gasteiger partial charge < -0.3 is 9.88 Å². The molecule has 2 aromatic heterocycles. The van der Waals surface area contributed by atoms with E-state index in [1.807, 2.05) is 12.3 Å². The van der Waals surface area contributed by atoms with Crippen LogP contribution in [0.25, 0.3) is 22.2 Å². The predicted molar refractivity (Wildman–Crippen MR) is 80.7 cm³/mol. The largest absolute Gasteiger partial charge is 0.356 e. The molecule has 0 bridgehead atoms. The number of rotatable bonds is 2. The molecule has 0 aliphatic carbocycles. The van der Waals surface area contributed by atoms with Gasteiger partial charge in [-0.25, -0.2) is 14.4 Å². The van der Waals surface area contributed by atoms with Gasteiger partial charge in [0.05, 0.1) is 5.39 Å². The Morgan fingerprint density at radius 1 is 1.14 bits per heavy atom. The number of benzene rings is 1. The van der Waals surface area contributed by atoms with Crippen molar-refractivity contribution in [1.82, 2.24) is 15.0 Å². The van der Waals surface area contributed by atoms with E-state index < -0.39 is 0 Å². The Bertz CT molecular complexity index is 790. The van der Waals surface area contributed by atoms with E-state index >= 15 is 0 Å². The summed E-state index contributed by atoms with van der Waals surface area (Å²) in [5, 5.41) is 0.977. The lowest BCUT2D eigenvalue weighted by molar-refractivity contribution is 0.628. The van der Waals surface area contributed by atoms with Gasteiger partial charge in [0.15, 0.2) is 0 Å². The van der Waals surface area contributed by atoms with Crippen molar-refractivity contribution >= 4 is 16.9 Å². The molecule has 4 nitrogen and oxygen atoms in total. The molecule has 0 unspecified atom stereocenters. The summed E-state index contributed by atoms with van der Waals surface area (Å²) < 4.78 is 13.5. The van der Waals surface area contributed by atoms with Gasteiger partial charge in [0.2, 0.25) is 0 Å². The zero-order valence-electron chi connectivity index (χ0n) is 11.5. The van der Waals surface area contributed by atoms with E-state index in [1.165, 1.54) is 18.9 Å². The normalized spacial score (nSPS) is 15.0. The van der Waals surface area contributed by atoms with Gasteiger partial charge in [0, 0.05) is 24.8 Å². The van der Waals surface area contributed by atoms with E-state index in [0.717, 1.165) is 41.1 Å². The first kappa shape index (κ1) is 12.3. The molecule has 1 N–H and O–H groups in total. The van der Waals surface area contributed by atoms with Crippen LogP contribution in [0.15, 0.2) is 36.8 Å². The molecule has 3 heterocycles. The number of hydrogen-bond donors (Lipinski definition) is 1. The third-order valence-corrected chi connectivity index (χ3v) is 3.99. The van der Waals surface area contributed by atoms with Crippen LogP contribution in [-0.4, -0.2) is 28.0 Å². The summed E-state index contributed by atoms with van der Waals surface area (Å²) >= 11 is 0. The molecule has 1 saturated heterocycles. The third kappa shape index (κ3) is 2.05. The Morgan fingerprint density at radius 3 is 2.81 bits per heavy atom. The molecule has 3 aromatic rings. The molecule has 21 heavy (non-hydrogen) atoms. The SMILES string of the molecule is Fc1cccc(-c2c[nH]c3ncnc(N4CCCC4)c23)c1. The Kier molecular flexibility index (Phi) is 2.84. The number of fused-ring (bicyclic) bond motifs is 1. The highest BCUT2D eigenvalue weighted by Gasteiger charge is 2.20. The van der Waals surface area contributed by atoms with Crippen LogP contribution in [0.4, 0.5) is 10.2 Å². The van der Waals surface area contributed by atoms with Crippen LogP contribution in [0, 0.1) is 5.82 Å². The van der Waals surface area contributed by atoms with Gasteiger partial charge in [-0.2, -0.15) is 0 Å². The molecule has 0 saturated carbocycles. The molecule has 1 aromatic carbocycles. The molecule has 1 aliphatic rings. The van der Waals surface area contributed by atoms with Gasteiger partial charge in [-0.15, -0.1) is 0 Å². The number of nitrogens with one attached hydrogen (secondary N) is 1. The number of hydrogen-bond acceptors (Lipinski definition) is 3. The third-order valence-electron chi connectivity index (χ3n) is 3.99. The Labute approximate surface area is 121 Å². The molecular formula is C16H15FN4. The Balaban J connectivity index is 1.93. The van der Waals surface area contributed by atoms with E-state index in [0.29, 0.717) is 0 Å². The molecule has 1 aliphatic heterocycles. The molecule has 0 spiro atoms. The molecule has 0 amide bonds. The van der Waals surface area contributed by atoms with Crippen molar-refractivity contribution < 1.29 is 4.39 Å². The van der Waals surface area contributed by atoms with Crippen molar-refractivity contribution in [1.29, 1.82) is 0 Å². The number of H-pyrrole nitrogens is 1. The van der Waals surface area contributed by atoms with Crippen molar-refractivity contribution in [3.63, 3.8) is 0 Å². The molecule has 5 heteroatoms. The van der Waals surface area contributed by atoms with Gasteiger partial charge in [-0.3, -0.25) is 0 Å². The highest BCUT2D eigenvalue weighted by Crippen LogP contribution is 2.34. The average molecular weight is 282 g/mol. The number of anilines is 1. The number of aromatic amines is 1. The van der Waals surface area contributed by atoms with E-state index in [2.05, 4.69) is 19.9 Å². The van der Waals surface area contributed by atoms with Gasteiger partial charge in [0.25, 0.3) is 0 Å². The lowest BCUT2D eigenvalue weighted by atomic mass is 10.1. The van der Waals surface area contributed by atoms with Crippen LogP contribution in [0.3, 0.4) is 0 Å². The van der Waals surface area contributed by atoms with Gasteiger partial charge >= 0.3 is 0 Å². The summed E-state index contributed by atoms with van der Waals surface area (Å²) in [6.07, 6.45) is 5.84. The van der Waals surface area contributed by atoms with Crippen LogP contribution >= 0.6 is 0 Å². The first-order valence-electron chi connectivity index (χ1n) is 7.16. The van der Waals surface area contributed by atoms with Crippen molar-refractivity contribution in [3.8, 4) is 11.1 Å². The molecule has 106 valence electrons. The zero-order valence-corrected chi connectivity index (χ0v) is 11.5. The van der Waals surface area contributed by atoms with Gasteiger partial charge in [0.1, 0.15) is 23.6 Å². The van der Waals surface area contributed by atoms with Crippen molar-refractivity contribution in [2.45, 2.75) is 12.8 Å². The Morgan fingerprint density at radius 2 is 2.00 bits per heavy atom. The van der Waals surface area contributed by atoms with Crippen LogP contribution < -0.4 is 4.90 Å². The summed E-state index contributed by atoms with van der Waals surface area (Å²) in [6, 6.07) is 6.63. The summed E-state index contributed by atoms with van der Waals surface area (Å²) in [5.74, 6) is 0.708.